The molecule has 0 radical (unpaired) electrons. The van der Waals surface area contributed by atoms with Crippen molar-refractivity contribution in [3.05, 3.63) is 35.9 Å². The van der Waals surface area contributed by atoms with E-state index in [-0.39, 0.29) is 11.4 Å². The van der Waals surface area contributed by atoms with Crippen molar-refractivity contribution in [3.8, 4) is 0 Å². The maximum atomic E-state index is 5.66. The number of hydrogen-bond donors (Lipinski definition) is 1. The number of fused-ring (bicyclic) bond motifs is 3. The van der Waals surface area contributed by atoms with Gasteiger partial charge in [-0.15, -0.1) is 0 Å². The molecule has 0 aliphatic carbocycles. The summed E-state index contributed by atoms with van der Waals surface area (Å²) in [6.07, 6.45) is 0. The van der Waals surface area contributed by atoms with Gasteiger partial charge in [-0.1, -0.05) is 45.0 Å². The molecule has 0 unspecified atom stereocenters. The summed E-state index contributed by atoms with van der Waals surface area (Å²) in [7, 11) is 0. The standard InChI is InChI=1S/C15H16N2O/c1-15(2,3)11-8-12-13(18-14(16)17-12)10-7-5-4-6-9(10)11/h4-8H,1-3H3,(H2,16,17). The molecule has 0 fully saturated rings. The summed E-state index contributed by atoms with van der Waals surface area (Å²) >= 11 is 0. The van der Waals surface area contributed by atoms with Gasteiger partial charge in [0.25, 0.3) is 6.01 Å². The van der Waals surface area contributed by atoms with E-state index in [0.29, 0.717) is 0 Å². The molecular weight excluding hydrogens is 224 g/mol. The maximum Gasteiger partial charge on any atom is 0.293 e. The highest BCUT2D eigenvalue weighted by molar-refractivity contribution is 6.05. The molecule has 0 bridgehead atoms. The van der Waals surface area contributed by atoms with Gasteiger partial charge >= 0.3 is 0 Å². The van der Waals surface area contributed by atoms with E-state index in [2.05, 4.69) is 44.0 Å². The Morgan fingerprint density at radius 1 is 1.11 bits per heavy atom. The van der Waals surface area contributed by atoms with Gasteiger partial charge in [0, 0.05) is 5.39 Å². The monoisotopic (exact) mass is 240 g/mol. The second-order valence-corrected chi connectivity index (χ2v) is 5.62. The molecule has 3 aromatic rings. The van der Waals surface area contributed by atoms with Gasteiger partial charge in [-0.2, -0.15) is 4.98 Å². The molecule has 1 aromatic heterocycles. The van der Waals surface area contributed by atoms with Crippen molar-refractivity contribution in [3.63, 3.8) is 0 Å². The first-order valence-corrected chi connectivity index (χ1v) is 6.05. The zero-order chi connectivity index (χ0) is 12.9. The smallest absolute Gasteiger partial charge is 0.293 e. The maximum absolute atomic E-state index is 5.66. The quantitative estimate of drug-likeness (QED) is 0.649. The first kappa shape index (κ1) is 11.1. The van der Waals surface area contributed by atoms with Gasteiger partial charge in [0.1, 0.15) is 5.52 Å². The second kappa shape index (κ2) is 3.48. The number of nitrogens with two attached hydrogens (primary N) is 1. The van der Waals surface area contributed by atoms with Crippen molar-refractivity contribution < 1.29 is 4.42 Å². The molecule has 0 aliphatic heterocycles. The van der Waals surface area contributed by atoms with Gasteiger partial charge in [0.15, 0.2) is 5.58 Å². The minimum atomic E-state index is 0.0570. The van der Waals surface area contributed by atoms with E-state index in [9.17, 15) is 0 Å². The summed E-state index contributed by atoms with van der Waals surface area (Å²) < 4.78 is 5.52. The summed E-state index contributed by atoms with van der Waals surface area (Å²) in [6.45, 7) is 6.60. The fourth-order valence-corrected chi connectivity index (χ4v) is 2.39. The van der Waals surface area contributed by atoms with E-state index < -0.39 is 0 Å². The zero-order valence-electron chi connectivity index (χ0n) is 10.8. The molecule has 3 nitrogen and oxygen atoms in total. The lowest BCUT2D eigenvalue weighted by atomic mass is 9.83. The van der Waals surface area contributed by atoms with E-state index in [1.807, 2.05) is 12.1 Å². The predicted molar refractivity (Wildman–Crippen MR) is 74.6 cm³/mol. The molecule has 0 amide bonds. The first-order chi connectivity index (χ1) is 8.47. The van der Waals surface area contributed by atoms with Crippen molar-refractivity contribution in [2.24, 2.45) is 0 Å². The van der Waals surface area contributed by atoms with Gasteiger partial charge in [-0.3, -0.25) is 0 Å². The average Bonchev–Trinajstić information content (AvgIpc) is 2.67. The van der Waals surface area contributed by atoms with Crippen LogP contribution in [-0.4, -0.2) is 4.98 Å². The van der Waals surface area contributed by atoms with Crippen LogP contribution in [0.4, 0.5) is 6.01 Å². The molecule has 3 heteroatoms. The van der Waals surface area contributed by atoms with Crippen molar-refractivity contribution in [1.29, 1.82) is 0 Å². The number of nitrogens with zero attached hydrogens (tertiary/aromatic N) is 1. The molecule has 2 aromatic carbocycles. The highest BCUT2D eigenvalue weighted by Gasteiger charge is 2.20. The fraction of sp³-hybridized carbons (Fsp3) is 0.267. The minimum absolute atomic E-state index is 0.0570. The highest BCUT2D eigenvalue weighted by Crippen LogP contribution is 2.35. The molecule has 0 atom stereocenters. The molecule has 0 spiro atoms. The summed E-state index contributed by atoms with van der Waals surface area (Å²) in [6, 6.07) is 10.5. The second-order valence-electron chi connectivity index (χ2n) is 5.62. The largest absolute Gasteiger partial charge is 0.423 e. The van der Waals surface area contributed by atoms with Crippen LogP contribution in [0, 0.1) is 0 Å². The molecule has 3 rings (SSSR count). The van der Waals surface area contributed by atoms with Gasteiger partial charge in [0.2, 0.25) is 0 Å². The van der Waals surface area contributed by atoms with Crippen LogP contribution in [0.25, 0.3) is 21.9 Å². The molecule has 18 heavy (non-hydrogen) atoms. The number of hydrogen-bond acceptors (Lipinski definition) is 3. The Morgan fingerprint density at radius 2 is 1.78 bits per heavy atom. The van der Waals surface area contributed by atoms with Crippen molar-refractivity contribution >= 4 is 27.9 Å². The molecule has 92 valence electrons. The summed E-state index contributed by atoms with van der Waals surface area (Å²) in [4.78, 5) is 4.25. The lowest BCUT2D eigenvalue weighted by Gasteiger charge is -2.21. The van der Waals surface area contributed by atoms with Crippen LogP contribution in [-0.2, 0) is 5.41 Å². The molecule has 0 saturated carbocycles. The van der Waals surface area contributed by atoms with Crippen LogP contribution in [0.3, 0.4) is 0 Å². The minimum Gasteiger partial charge on any atom is -0.423 e. The number of benzene rings is 2. The number of rotatable bonds is 0. The van der Waals surface area contributed by atoms with Crippen LogP contribution < -0.4 is 5.73 Å². The Bertz CT molecular complexity index is 735. The van der Waals surface area contributed by atoms with Gasteiger partial charge < -0.3 is 10.2 Å². The van der Waals surface area contributed by atoms with Gasteiger partial charge in [-0.05, 0) is 22.4 Å². The molecular formula is C15H16N2O. The molecule has 1 heterocycles. The Labute approximate surface area is 106 Å². The first-order valence-electron chi connectivity index (χ1n) is 6.05. The SMILES string of the molecule is CC(C)(C)c1cc2nc(N)oc2c2ccccc12. The van der Waals surface area contributed by atoms with E-state index in [4.69, 9.17) is 10.2 Å². The summed E-state index contributed by atoms with van der Waals surface area (Å²) in [5.74, 6) is 0. The van der Waals surface area contributed by atoms with Crippen LogP contribution in [0.2, 0.25) is 0 Å². The summed E-state index contributed by atoms with van der Waals surface area (Å²) in [5.41, 5.74) is 8.59. The third kappa shape index (κ3) is 1.55. The predicted octanol–water partition coefficient (Wildman–Crippen LogP) is 3.86. The fourth-order valence-electron chi connectivity index (χ4n) is 2.39. The topological polar surface area (TPSA) is 52.0 Å². The van der Waals surface area contributed by atoms with Gasteiger partial charge in [-0.25, -0.2) is 0 Å². The van der Waals surface area contributed by atoms with E-state index >= 15 is 0 Å². The van der Waals surface area contributed by atoms with E-state index in [1.165, 1.54) is 10.9 Å². The van der Waals surface area contributed by atoms with E-state index in [1.54, 1.807) is 0 Å². The van der Waals surface area contributed by atoms with Crippen LogP contribution >= 0.6 is 0 Å². The van der Waals surface area contributed by atoms with Crippen molar-refractivity contribution in [1.82, 2.24) is 4.98 Å². The van der Waals surface area contributed by atoms with E-state index in [0.717, 1.165) is 16.5 Å². The summed E-state index contributed by atoms with van der Waals surface area (Å²) in [5, 5.41) is 2.28. The highest BCUT2D eigenvalue weighted by atomic mass is 16.4. The molecule has 2 N–H and O–H groups in total. The van der Waals surface area contributed by atoms with Crippen molar-refractivity contribution in [2.45, 2.75) is 26.2 Å². The van der Waals surface area contributed by atoms with Crippen LogP contribution in [0.5, 0.6) is 0 Å². The number of aromatic nitrogens is 1. The Kier molecular flexibility index (Phi) is 2.14. The average molecular weight is 240 g/mol. The number of nitrogen functional groups attached to an aromatic ring is 1. The van der Waals surface area contributed by atoms with Crippen molar-refractivity contribution in [2.75, 3.05) is 5.73 Å². The number of oxazole rings is 1. The third-order valence-corrected chi connectivity index (χ3v) is 3.22. The Balaban J connectivity index is 2.54. The normalized spacial score (nSPS) is 12.4. The lowest BCUT2D eigenvalue weighted by molar-refractivity contribution is 0.596. The van der Waals surface area contributed by atoms with Crippen LogP contribution in [0.1, 0.15) is 26.3 Å². The third-order valence-electron chi connectivity index (χ3n) is 3.22. The van der Waals surface area contributed by atoms with Gasteiger partial charge in [0.05, 0.1) is 0 Å². The zero-order valence-corrected chi connectivity index (χ0v) is 10.8. The molecule has 0 aliphatic rings. The molecule has 0 saturated heterocycles. The Hall–Kier alpha value is -2.03. The Morgan fingerprint density at radius 3 is 2.44 bits per heavy atom. The van der Waals surface area contributed by atoms with Crippen LogP contribution in [0.15, 0.2) is 34.7 Å². The number of anilines is 1. The lowest BCUT2D eigenvalue weighted by Crippen LogP contribution is -2.11.